The second-order valence-electron chi connectivity index (χ2n) is 3.68. The minimum Gasteiger partial charge on any atom is -0.467 e. The molecular weight excluding hydrogens is 298 g/mol. The van der Waals surface area contributed by atoms with Crippen molar-refractivity contribution < 1.29 is 14.2 Å². The van der Waals surface area contributed by atoms with Gasteiger partial charge in [-0.05, 0) is 25.1 Å². The molecule has 0 atom stereocenters. The fraction of sp³-hybridized carbons (Fsp3) is 0.538. The van der Waals surface area contributed by atoms with Crippen molar-refractivity contribution in [1.82, 2.24) is 5.32 Å². The number of hydrogen-bond donors (Lipinski definition) is 1. The molecule has 0 heterocycles. The summed E-state index contributed by atoms with van der Waals surface area (Å²) >= 11 is 3.46. The molecule has 0 aliphatic heterocycles. The summed E-state index contributed by atoms with van der Waals surface area (Å²) in [4.78, 5) is 0. The molecule has 0 aliphatic rings. The molecule has 0 saturated carbocycles. The van der Waals surface area contributed by atoms with Crippen LogP contribution in [0.1, 0.15) is 12.5 Å². The van der Waals surface area contributed by atoms with Crippen molar-refractivity contribution in [3.63, 3.8) is 0 Å². The number of nitrogens with one attached hydrogen (secondary N) is 1. The number of methoxy groups -OCH3 is 1. The van der Waals surface area contributed by atoms with Crippen LogP contribution >= 0.6 is 15.9 Å². The fourth-order valence-electron chi connectivity index (χ4n) is 1.41. The molecule has 102 valence electrons. The number of halogens is 1. The Bertz CT molecular complexity index is 347. The quantitative estimate of drug-likeness (QED) is 0.561. The van der Waals surface area contributed by atoms with E-state index < -0.39 is 0 Å². The Morgan fingerprint density at radius 3 is 2.89 bits per heavy atom. The molecule has 0 spiro atoms. The zero-order chi connectivity index (χ0) is 13.2. The lowest BCUT2D eigenvalue weighted by molar-refractivity contribution is 0.0217. The van der Waals surface area contributed by atoms with Gasteiger partial charge < -0.3 is 19.5 Å². The van der Waals surface area contributed by atoms with Crippen molar-refractivity contribution in [3.05, 3.63) is 28.2 Å². The van der Waals surface area contributed by atoms with Crippen molar-refractivity contribution >= 4 is 15.9 Å². The van der Waals surface area contributed by atoms with Crippen LogP contribution in [0.5, 0.6) is 5.75 Å². The summed E-state index contributed by atoms with van der Waals surface area (Å²) < 4.78 is 16.8. The van der Waals surface area contributed by atoms with Crippen LogP contribution < -0.4 is 10.1 Å². The predicted octanol–water partition coefficient (Wildman–Crippen LogP) is 2.56. The third-order valence-electron chi connectivity index (χ3n) is 2.32. The maximum Gasteiger partial charge on any atom is 0.189 e. The highest BCUT2D eigenvalue weighted by atomic mass is 79.9. The van der Waals surface area contributed by atoms with Crippen LogP contribution in [-0.2, 0) is 16.0 Å². The molecule has 0 amide bonds. The zero-order valence-electron chi connectivity index (χ0n) is 10.9. The third-order valence-corrected chi connectivity index (χ3v) is 2.82. The van der Waals surface area contributed by atoms with E-state index in [1.807, 2.05) is 25.1 Å². The van der Waals surface area contributed by atoms with Crippen LogP contribution in [0.2, 0.25) is 0 Å². The highest BCUT2D eigenvalue weighted by Gasteiger charge is 2.04. The normalized spacial score (nSPS) is 10.6. The lowest BCUT2D eigenvalue weighted by Gasteiger charge is -2.12. The first kappa shape index (κ1) is 15.4. The lowest BCUT2D eigenvalue weighted by atomic mass is 10.2. The lowest BCUT2D eigenvalue weighted by Crippen LogP contribution is -2.19. The highest BCUT2D eigenvalue weighted by molar-refractivity contribution is 9.10. The van der Waals surface area contributed by atoms with E-state index in [1.54, 1.807) is 7.11 Å². The van der Waals surface area contributed by atoms with Gasteiger partial charge in [-0.1, -0.05) is 15.9 Å². The van der Waals surface area contributed by atoms with E-state index in [1.165, 1.54) is 0 Å². The Morgan fingerprint density at radius 1 is 1.33 bits per heavy atom. The van der Waals surface area contributed by atoms with Gasteiger partial charge in [0.05, 0.1) is 6.61 Å². The maximum atomic E-state index is 5.58. The minimum absolute atomic E-state index is 0.281. The molecule has 0 aromatic heterocycles. The van der Waals surface area contributed by atoms with Crippen molar-refractivity contribution in [2.75, 3.05) is 33.7 Å². The van der Waals surface area contributed by atoms with Gasteiger partial charge in [0.25, 0.3) is 0 Å². The summed E-state index contributed by atoms with van der Waals surface area (Å²) in [5.74, 6) is 0.844. The zero-order valence-corrected chi connectivity index (χ0v) is 12.5. The number of benzene rings is 1. The maximum absolute atomic E-state index is 5.58. The molecule has 0 unspecified atom stereocenters. The van der Waals surface area contributed by atoms with Gasteiger partial charge in [0.1, 0.15) is 5.75 Å². The van der Waals surface area contributed by atoms with E-state index in [-0.39, 0.29) is 6.79 Å². The van der Waals surface area contributed by atoms with Crippen molar-refractivity contribution in [3.8, 4) is 5.75 Å². The van der Waals surface area contributed by atoms with E-state index in [2.05, 4.69) is 21.2 Å². The number of ether oxygens (including phenoxy) is 3. The van der Waals surface area contributed by atoms with Crippen LogP contribution in [0.4, 0.5) is 0 Å². The monoisotopic (exact) mass is 317 g/mol. The summed E-state index contributed by atoms with van der Waals surface area (Å²) in [6.07, 6.45) is 0. The van der Waals surface area contributed by atoms with E-state index in [4.69, 9.17) is 14.2 Å². The van der Waals surface area contributed by atoms with Crippen molar-refractivity contribution in [2.45, 2.75) is 13.5 Å². The molecule has 1 aromatic rings. The Balaban J connectivity index is 2.53. The number of rotatable bonds is 9. The van der Waals surface area contributed by atoms with Gasteiger partial charge in [0.2, 0.25) is 0 Å². The average Bonchev–Trinajstić information content (AvgIpc) is 2.37. The molecule has 4 nitrogen and oxygen atoms in total. The van der Waals surface area contributed by atoms with Gasteiger partial charge in [-0.25, -0.2) is 0 Å². The Hall–Kier alpha value is -0.620. The van der Waals surface area contributed by atoms with Crippen LogP contribution in [0.15, 0.2) is 22.7 Å². The average molecular weight is 318 g/mol. The second-order valence-corrected chi connectivity index (χ2v) is 4.59. The largest absolute Gasteiger partial charge is 0.467 e. The molecule has 0 fully saturated rings. The fourth-order valence-corrected chi connectivity index (χ4v) is 1.82. The Kier molecular flexibility index (Phi) is 8.00. The summed E-state index contributed by atoms with van der Waals surface area (Å²) in [6.45, 7) is 5.13. The van der Waals surface area contributed by atoms with Gasteiger partial charge in [0.15, 0.2) is 6.79 Å². The topological polar surface area (TPSA) is 39.7 Å². The first-order valence-electron chi connectivity index (χ1n) is 5.96. The van der Waals surface area contributed by atoms with Crippen molar-refractivity contribution in [1.29, 1.82) is 0 Å². The molecule has 0 saturated heterocycles. The van der Waals surface area contributed by atoms with Gasteiger partial charge in [-0.15, -0.1) is 0 Å². The molecule has 1 aromatic carbocycles. The molecule has 0 bridgehead atoms. The van der Waals surface area contributed by atoms with Gasteiger partial charge in [-0.3, -0.25) is 0 Å². The second kappa shape index (κ2) is 9.33. The molecule has 0 radical (unpaired) electrons. The van der Waals surface area contributed by atoms with Gasteiger partial charge in [-0.2, -0.15) is 0 Å². The van der Waals surface area contributed by atoms with E-state index >= 15 is 0 Å². The van der Waals surface area contributed by atoms with E-state index in [9.17, 15) is 0 Å². The Morgan fingerprint density at radius 2 is 2.17 bits per heavy atom. The summed E-state index contributed by atoms with van der Waals surface area (Å²) in [5.41, 5.74) is 1.10. The predicted molar refractivity (Wildman–Crippen MR) is 74.8 cm³/mol. The Labute approximate surface area is 117 Å². The highest BCUT2D eigenvalue weighted by Crippen LogP contribution is 2.23. The molecule has 0 aliphatic carbocycles. The smallest absolute Gasteiger partial charge is 0.189 e. The first-order chi connectivity index (χ1) is 8.77. The molecular formula is C13H20BrNO3. The van der Waals surface area contributed by atoms with Gasteiger partial charge >= 0.3 is 0 Å². The summed E-state index contributed by atoms with van der Waals surface area (Å²) in [5, 5.41) is 3.29. The first-order valence-corrected chi connectivity index (χ1v) is 6.75. The van der Waals surface area contributed by atoms with Crippen LogP contribution in [0.25, 0.3) is 0 Å². The van der Waals surface area contributed by atoms with Crippen molar-refractivity contribution in [2.24, 2.45) is 0 Å². The third kappa shape index (κ3) is 5.82. The summed E-state index contributed by atoms with van der Waals surface area (Å²) in [6, 6.07) is 5.94. The van der Waals surface area contributed by atoms with E-state index in [0.717, 1.165) is 28.9 Å². The SMILES string of the molecule is CCOCOc1ccc(Br)cc1CNCCOC. The summed E-state index contributed by atoms with van der Waals surface area (Å²) in [7, 11) is 1.69. The van der Waals surface area contributed by atoms with Crippen LogP contribution in [-0.4, -0.2) is 33.7 Å². The molecule has 1 rings (SSSR count). The molecule has 18 heavy (non-hydrogen) atoms. The van der Waals surface area contributed by atoms with Crippen LogP contribution in [0, 0.1) is 0 Å². The van der Waals surface area contributed by atoms with E-state index in [0.29, 0.717) is 13.2 Å². The molecule has 1 N–H and O–H groups in total. The molecule has 5 heteroatoms. The standard InChI is InChI=1S/C13H20BrNO3/c1-3-17-10-18-13-5-4-12(14)8-11(13)9-15-6-7-16-2/h4-5,8,15H,3,6-7,9-10H2,1-2H3. The van der Waals surface area contributed by atoms with Gasteiger partial charge in [0, 0.05) is 36.8 Å². The van der Waals surface area contributed by atoms with Crippen LogP contribution in [0.3, 0.4) is 0 Å². The number of hydrogen-bond acceptors (Lipinski definition) is 4. The minimum atomic E-state index is 0.281.